The molecule has 4 heteroatoms. The molecule has 3 N–H and O–H groups in total. The second kappa shape index (κ2) is 6.85. The van der Waals surface area contributed by atoms with Gasteiger partial charge in [-0.3, -0.25) is 11.3 Å². The van der Waals surface area contributed by atoms with E-state index >= 15 is 0 Å². The summed E-state index contributed by atoms with van der Waals surface area (Å²) in [7, 11) is 0. The van der Waals surface area contributed by atoms with Crippen LogP contribution < -0.4 is 11.3 Å². The van der Waals surface area contributed by atoms with Crippen LogP contribution in [0, 0.1) is 30.2 Å². The maximum atomic E-state index is 13.3. The zero-order valence-corrected chi connectivity index (χ0v) is 14.7. The van der Waals surface area contributed by atoms with Crippen LogP contribution in [0.4, 0.5) is 4.39 Å². The van der Waals surface area contributed by atoms with Gasteiger partial charge in [0.15, 0.2) is 0 Å². The van der Waals surface area contributed by atoms with Gasteiger partial charge in [-0.15, -0.1) is 0 Å². The minimum absolute atomic E-state index is 0.0300. The number of hydrogen-bond acceptors (Lipinski definition) is 2. The summed E-state index contributed by atoms with van der Waals surface area (Å²) in [6, 6.07) is 9.17. The van der Waals surface area contributed by atoms with Crippen LogP contribution >= 0.6 is 22.6 Å². The molecule has 2 rings (SSSR count). The monoisotopic (exact) mass is 398 g/mol. The van der Waals surface area contributed by atoms with E-state index in [2.05, 4.69) is 60.9 Å². The average molecular weight is 398 g/mol. The van der Waals surface area contributed by atoms with E-state index in [0.717, 1.165) is 15.6 Å². The molecular formula is C17H20FIN2. The largest absolute Gasteiger partial charge is 0.271 e. The molecule has 0 aliphatic heterocycles. The van der Waals surface area contributed by atoms with Gasteiger partial charge in [-0.25, -0.2) is 4.39 Å². The molecule has 0 aromatic heterocycles. The molecule has 0 radical (unpaired) electrons. The van der Waals surface area contributed by atoms with E-state index in [1.54, 1.807) is 6.07 Å². The van der Waals surface area contributed by atoms with Gasteiger partial charge in [0.25, 0.3) is 0 Å². The lowest BCUT2D eigenvalue weighted by Gasteiger charge is -2.21. The molecule has 0 fully saturated rings. The van der Waals surface area contributed by atoms with Crippen LogP contribution in [0.5, 0.6) is 0 Å². The third-order valence-electron chi connectivity index (χ3n) is 3.79. The van der Waals surface area contributed by atoms with E-state index in [0.29, 0.717) is 0 Å². The normalized spacial score (nSPS) is 12.5. The first-order valence-electron chi connectivity index (χ1n) is 6.90. The van der Waals surface area contributed by atoms with Gasteiger partial charge < -0.3 is 0 Å². The van der Waals surface area contributed by atoms with Crippen LogP contribution in [-0.4, -0.2) is 0 Å². The molecule has 0 saturated heterocycles. The lowest BCUT2D eigenvalue weighted by Crippen LogP contribution is -2.30. The van der Waals surface area contributed by atoms with Crippen molar-refractivity contribution in [3.63, 3.8) is 0 Å². The van der Waals surface area contributed by atoms with Crippen molar-refractivity contribution in [1.82, 2.24) is 5.43 Å². The zero-order valence-electron chi connectivity index (χ0n) is 12.5. The van der Waals surface area contributed by atoms with Gasteiger partial charge in [0.05, 0.1) is 6.04 Å². The summed E-state index contributed by atoms with van der Waals surface area (Å²) < 4.78 is 14.1. The highest BCUT2D eigenvalue weighted by molar-refractivity contribution is 14.1. The predicted octanol–water partition coefficient (Wildman–Crippen LogP) is 4.10. The summed E-state index contributed by atoms with van der Waals surface area (Å²) in [4.78, 5) is 0. The number of benzene rings is 2. The van der Waals surface area contributed by atoms with Crippen molar-refractivity contribution in [2.75, 3.05) is 0 Å². The van der Waals surface area contributed by atoms with Crippen LogP contribution in [0.3, 0.4) is 0 Å². The van der Waals surface area contributed by atoms with Crippen LogP contribution in [-0.2, 0) is 6.42 Å². The van der Waals surface area contributed by atoms with E-state index < -0.39 is 0 Å². The summed E-state index contributed by atoms with van der Waals surface area (Å²) >= 11 is 2.15. The van der Waals surface area contributed by atoms with Crippen LogP contribution in [0.1, 0.15) is 33.9 Å². The minimum Gasteiger partial charge on any atom is -0.271 e. The fourth-order valence-electron chi connectivity index (χ4n) is 2.78. The maximum absolute atomic E-state index is 13.3. The molecule has 1 atom stereocenters. The molecular weight excluding hydrogens is 378 g/mol. The molecule has 0 spiro atoms. The van der Waals surface area contributed by atoms with Crippen molar-refractivity contribution in [2.24, 2.45) is 5.84 Å². The maximum Gasteiger partial charge on any atom is 0.124 e. The van der Waals surface area contributed by atoms with Crippen molar-refractivity contribution in [1.29, 1.82) is 0 Å². The quantitative estimate of drug-likeness (QED) is 0.462. The molecule has 21 heavy (non-hydrogen) atoms. The Kier molecular flexibility index (Phi) is 5.35. The number of halogens is 2. The molecule has 0 amide bonds. The van der Waals surface area contributed by atoms with Crippen LogP contribution in [0.15, 0.2) is 30.3 Å². The summed E-state index contributed by atoms with van der Waals surface area (Å²) in [6.45, 7) is 6.35. The van der Waals surface area contributed by atoms with Crippen LogP contribution in [0.2, 0.25) is 0 Å². The Balaban J connectivity index is 2.36. The number of aryl methyl sites for hydroxylation is 3. The van der Waals surface area contributed by atoms with Gasteiger partial charge in [-0.2, -0.15) is 0 Å². The molecule has 0 heterocycles. The lowest BCUT2D eigenvalue weighted by atomic mass is 9.92. The van der Waals surface area contributed by atoms with Crippen molar-refractivity contribution >= 4 is 22.6 Å². The molecule has 2 aromatic carbocycles. The molecule has 2 nitrogen and oxygen atoms in total. The molecule has 2 aromatic rings. The summed E-state index contributed by atoms with van der Waals surface area (Å²) in [5.74, 6) is 5.52. The van der Waals surface area contributed by atoms with Crippen molar-refractivity contribution in [3.8, 4) is 0 Å². The van der Waals surface area contributed by atoms with Crippen molar-refractivity contribution in [2.45, 2.75) is 33.2 Å². The van der Waals surface area contributed by atoms with Gasteiger partial charge in [0, 0.05) is 3.57 Å². The number of hydrogen-bond donors (Lipinski definition) is 2. The fourth-order valence-corrected chi connectivity index (χ4v) is 3.63. The zero-order chi connectivity index (χ0) is 15.6. The molecule has 1 unspecified atom stereocenters. The first kappa shape index (κ1) is 16.4. The van der Waals surface area contributed by atoms with Gasteiger partial charge in [0.2, 0.25) is 0 Å². The van der Waals surface area contributed by atoms with Crippen LogP contribution in [0.25, 0.3) is 0 Å². The Bertz CT molecular complexity index is 632. The van der Waals surface area contributed by atoms with E-state index in [-0.39, 0.29) is 11.9 Å². The minimum atomic E-state index is -0.221. The number of nitrogens with two attached hydrogens (primary N) is 1. The van der Waals surface area contributed by atoms with Crippen molar-refractivity contribution < 1.29 is 4.39 Å². The average Bonchev–Trinajstić information content (AvgIpc) is 2.39. The third kappa shape index (κ3) is 3.81. The Morgan fingerprint density at radius 3 is 2.29 bits per heavy atom. The van der Waals surface area contributed by atoms with E-state index in [4.69, 9.17) is 5.84 Å². The van der Waals surface area contributed by atoms with Gasteiger partial charge in [-0.1, -0.05) is 23.8 Å². The smallest absolute Gasteiger partial charge is 0.124 e. The highest BCUT2D eigenvalue weighted by Crippen LogP contribution is 2.27. The number of hydrazine groups is 1. The van der Waals surface area contributed by atoms with Gasteiger partial charge >= 0.3 is 0 Å². The van der Waals surface area contributed by atoms with Gasteiger partial charge in [-0.05, 0) is 84.2 Å². The van der Waals surface area contributed by atoms with Crippen molar-refractivity contribution in [3.05, 3.63) is 67.5 Å². The first-order chi connectivity index (χ1) is 9.92. The Hall–Kier alpha value is -0.980. The fraction of sp³-hybridized carbons (Fsp3) is 0.294. The highest BCUT2D eigenvalue weighted by Gasteiger charge is 2.16. The summed E-state index contributed by atoms with van der Waals surface area (Å²) in [5, 5.41) is 0. The van der Waals surface area contributed by atoms with E-state index in [1.807, 2.05) is 0 Å². The summed E-state index contributed by atoms with van der Waals surface area (Å²) in [6.07, 6.45) is 0.788. The topological polar surface area (TPSA) is 38.0 Å². The third-order valence-corrected chi connectivity index (χ3v) is 4.72. The molecule has 0 aliphatic carbocycles. The Labute approximate surface area is 139 Å². The second-order valence-corrected chi connectivity index (χ2v) is 6.63. The van der Waals surface area contributed by atoms with E-state index in [9.17, 15) is 4.39 Å². The summed E-state index contributed by atoms with van der Waals surface area (Å²) in [5.41, 5.74) is 8.99. The Morgan fingerprint density at radius 1 is 1.14 bits per heavy atom. The predicted molar refractivity (Wildman–Crippen MR) is 93.5 cm³/mol. The molecule has 0 bridgehead atoms. The van der Waals surface area contributed by atoms with Gasteiger partial charge in [0.1, 0.15) is 5.82 Å². The first-order valence-corrected chi connectivity index (χ1v) is 7.98. The molecule has 0 aliphatic rings. The lowest BCUT2D eigenvalue weighted by molar-refractivity contribution is 0.544. The molecule has 0 saturated carbocycles. The number of rotatable bonds is 4. The standard InChI is InChI=1S/C17H20FIN2/c1-10-6-11(2)15(12(3)7-10)9-17(21-20)14-5-4-13(18)8-16(14)19/h4-8,17,21H,9,20H2,1-3H3. The molecule has 112 valence electrons. The van der Waals surface area contributed by atoms with E-state index in [1.165, 1.54) is 34.4 Å². The number of nitrogens with one attached hydrogen (secondary N) is 1. The highest BCUT2D eigenvalue weighted by atomic mass is 127. The Morgan fingerprint density at radius 2 is 1.76 bits per heavy atom. The second-order valence-electron chi connectivity index (χ2n) is 5.47. The SMILES string of the molecule is Cc1cc(C)c(CC(NN)c2ccc(F)cc2I)c(C)c1.